The van der Waals surface area contributed by atoms with Crippen LogP contribution in [0.1, 0.15) is 44.9 Å². The molecule has 3 aliphatic rings. The Morgan fingerprint density at radius 1 is 1.00 bits per heavy atom. The van der Waals surface area contributed by atoms with Gasteiger partial charge in [-0.2, -0.15) is 0 Å². The van der Waals surface area contributed by atoms with E-state index in [0.717, 1.165) is 17.8 Å². The molecule has 0 aliphatic heterocycles. The summed E-state index contributed by atoms with van der Waals surface area (Å²) >= 11 is 0. The summed E-state index contributed by atoms with van der Waals surface area (Å²) in [6, 6.07) is 0. The molecule has 14 heavy (non-hydrogen) atoms. The number of hydrogen-bond acceptors (Lipinski definition) is 0. The van der Waals surface area contributed by atoms with Crippen LogP contribution in [-0.2, 0) is 0 Å². The Balaban J connectivity index is 1.64. The molecule has 0 spiro atoms. The van der Waals surface area contributed by atoms with Gasteiger partial charge in [0.25, 0.3) is 0 Å². The molecule has 76 valence electrons. The second kappa shape index (κ2) is 3.56. The van der Waals surface area contributed by atoms with Crippen LogP contribution in [0.4, 0.5) is 0 Å². The van der Waals surface area contributed by atoms with Crippen molar-refractivity contribution in [2.24, 2.45) is 17.8 Å². The maximum absolute atomic E-state index is 2.46. The van der Waals surface area contributed by atoms with Crippen LogP contribution in [0.3, 0.4) is 0 Å². The van der Waals surface area contributed by atoms with Gasteiger partial charge >= 0.3 is 0 Å². The molecule has 0 aromatic rings. The van der Waals surface area contributed by atoms with Crippen molar-refractivity contribution in [1.82, 2.24) is 0 Å². The Morgan fingerprint density at radius 3 is 2.36 bits per heavy atom. The van der Waals surface area contributed by atoms with E-state index in [9.17, 15) is 0 Å². The Labute approximate surface area is 87.1 Å². The lowest BCUT2D eigenvalue weighted by molar-refractivity contribution is 0.229. The van der Waals surface area contributed by atoms with Crippen LogP contribution in [0.2, 0.25) is 0 Å². The van der Waals surface area contributed by atoms with Crippen LogP contribution in [0.25, 0.3) is 0 Å². The highest BCUT2D eigenvalue weighted by Crippen LogP contribution is 2.43. The van der Waals surface area contributed by atoms with E-state index < -0.39 is 0 Å². The number of rotatable bonds is 2. The van der Waals surface area contributed by atoms with E-state index in [2.05, 4.69) is 18.2 Å². The summed E-state index contributed by atoms with van der Waals surface area (Å²) in [4.78, 5) is 0. The van der Waals surface area contributed by atoms with Crippen LogP contribution in [0.15, 0.2) is 23.8 Å². The summed E-state index contributed by atoms with van der Waals surface area (Å²) in [6.07, 6.45) is 17.5. The van der Waals surface area contributed by atoms with Crippen LogP contribution in [0, 0.1) is 17.8 Å². The first-order valence-electron chi connectivity index (χ1n) is 6.31. The highest BCUT2D eigenvalue weighted by Gasteiger charge is 2.30. The minimum Gasteiger partial charge on any atom is -0.0808 e. The van der Waals surface area contributed by atoms with Crippen molar-refractivity contribution in [1.29, 1.82) is 0 Å². The minimum absolute atomic E-state index is 0.907. The molecular weight excluding hydrogens is 168 g/mol. The monoisotopic (exact) mass is 188 g/mol. The maximum Gasteiger partial charge on any atom is -0.0165 e. The molecule has 0 bridgehead atoms. The molecule has 0 radical (unpaired) electrons. The van der Waals surface area contributed by atoms with Crippen molar-refractivity contribution in [3.8, 4) is 0 Å². The van der Waals surface area contributed by atoms with Crippen LogP contribution in [-0.4, -0.2) is 0 Å². The molecule has 0 aromatic heterocycles. The molecule has 2 fully saturated rings. The summed E-state index contributed by atoms with van der Waals surface area (Å²) in [6.45, 7) is 0. The number of allylic oxidation sites excluding steroid dienone is 4. The van der Waals surface area contributed by atoms with Gasteiger partial charge in [0.1, 0.15) is 0 Å². The third-order valence-electron chi connectivity index (χ3n) is 4.52. The van der Waals surface area contributed by atoms with E-state index >= 15 is 0 Å². The van der Waals surface area contributed by atoms with Crippen molar-refractivity contribution < 1.29 is 0 Å². The summed E-state index contributed by atoms with van der Waals surface area (Å²) in [5.41, 5.74) is 1.77. The van der Waals surface area contributed by atoms with Gasteiger partial charge in [0.05, 0.1) is 0 Å². The standard InChI is InChI=1S/C14H20/c1-4-11(5-1)13-8-3-9-14(10-13)12-6-2-7-12/h3,8-9,11-13H,1-2,4-7,10H2. The van der Waals surface area contributed by atoms with Crippen LogP contribution < -0.4 is 0 Å². The SMILES string of the molecule is C1=CC(C2CCC2)CC(C2CCC2)=C1. The average Bonchev–Trinajstić information content (AvgIpc) is 1.98. The highest BCUT2D eigenvalue weighted by atomic mass is 14.4. The van der Waals surface area contributed by atoms with Crippen molar-refractivity contribution >= 4 is 0 Å². The molecule has 0 amide bonds. The third-order valence-corrected chi connectivity index (χ3v) is 4.52. The zero-order valence-corrected chi connectivity index (χ0v) is 8.91. The van der Waals surface area contributed by atoms with Crippen molar-refractivity contribution in [3.05, 3.63) is 23.8 Å². The molecule has 2 saturated carbocycles. The van der Waals surface area contributed by atoms with Gasteiger partial charge < -0.3 is 0 Å². The fourth-order valence-corrected chi connectivity index (χ4v) is 3.00. The third kappa shape index (κ3) is 1.45. The number of hydrogen-bond donors (Lipinski definition) is 0. The molecule has 1 atom stereocenters. The van der Waals surface area contributed by atoms with E-state index in [0.29, 0.717) is 0 Å². The fraction of sp³-hybridized carbons (Fsp3) is 0.714. The van der Waals surface area contributed by atoms with Gasteiger partial charge in [0, 0.05) is 0 Å². The lowest BCUT2D eigenvalue weighted by atomic mass is 9.68. The molecule has 1 unspecified atom stereocenters. The molecule has 0 N–H and O–H groups in total. The fourth-order valence-electron chi connectivity index (χ4n) is 3.00. The van der Waals surface area contributed by atoms with E-state index in [1.165, 1.54) is 44.9 Å². The van der Waals surface area contributed by atoms with Gasteiger partial charge in [-0.1, -0.05) is 36.6 Å². The minimum atomic E-state index is 0.907. The smallest absolute Gasteiger partial charge is 0.0165 e. The summed E-state index contributed by atoms with van der Waals surface area (Å²) in [5, 5.41) is 0. The van der Waals surface area contributed by atoms with E-state index in [-0.39, 0.29) is 0 Å². The summed E-state index contributed by atoms with van der Waals surface area (Å²) < 4.78 is 0. The molecule has 0 saturated heterocycles. The molecule has 0 heterocycles. The predicted octanol–water partition coefficient (Wildman–Crippen LogP) is 4.09. The van der Waals surface area contributed by atoms with Gasteiger partial charge in [-0.3, -0.25) is 0 Å². The molecule has 3 rings (SSSR count). The van der Waals surface area contributed by atoms with Crippen molar-refractivity contribution in [2.75, 3.05) is 0 Å². The highest BCUT2D eigenvalue weighted by molar-refractivity contribution is 5.24. The Morgan fingerprint density at radius 2 is 1.79 bits per heavy atom. The van der Waals surface area contributed by atoms with Gasteiger partial charge in [0.15, 0.2) is 0 Å². The van der Waals surface area contributed by atoms with Crippen LogP contribution >= 0.6 is 0 Å². The first-order valence-corrected chi connectivity index (χ1v) is 6.31. The van der Waals surface area contributed by atoms with Crippen molar-refractivity contribution in [2.45, 2.75) is 44.9 Å². The van der Waals surface area contributed by atoms with Gasteiger partial charge in [0.2, 0.25) is 0 Å². The van der Waals surface area contributed by atoms with E-state index in [1.807, 2.05) is 0 Å². The zero-order valence-electron chi connectivity index (χ0n) is 8.91. The Bertz CT molecular complexity index is 264. The van der Waals surface area contributed by atoms with Gasteiger partial charge in [-0.25, -0.2) is 0 Å². The van der Waals surface area contributed by atoms with Gasteiger partial charge in [-0.15, -0.1) is 0 Å². The molecule has 0 heteroatoms. The zero-order chi connectivity index (χ0) is 9.38. The van der Waals surface area contributed by atoms with Gasteiger partial charge in [-0.05, 0) is 49.9 Å². The summed E-state index contributed by atoms with van der Waals surface area (Å²) in [7, 11) is 0. The largest absolute Gasteiger partial charge is 0.0808 e. The van der Waals surface area contributed by atoms with E-state index in [4.69, 9.17) is 0 Å². The first-order chi connectivity index (χ1) is 6.93. The maximum atomic E-state index is 2.46. The molecule has 0 aromatic carbocycles. The topological polar surface area (TPSA) is 0 Å². The van der Waals surface area contributed by atoms with E-state index in [1.54, 1.807) is 5.57 Å². The second-order valence-corrected chi connectivity index (χ2v) is 5.31. The molecule has 3 aliphatic carbocycles. The Kier molecular flexibility index (Phi) is 2.23. The quantitative estimate of drug-likeness (QED) is 0.612. The summed E-state index contributed by atoms with van der Waals surface area (Å²) in [5.74, 6) is 2.92. The normalized spacial score (nSPS) is 33.4. The van der Waals surface area contributed by atoms with Crippen molar-refractivity contribution in [3.63, 3.8) is 0 Å². The lowest BCUT2D eigenvalue weighted by Gasteiger charge is -2.37. The Hall–Kier alpha value is -0.520. The second-order valence-electron chi connectivity index (χ2n) is 5.31. The molecule has 0 nitrogen and oxygen atoms in total. The predicted molar refractivity (Wildman–Crippen MR) is 60.0 cm³/mol. The molecular formula is C14H20. The average molecular weight is 188 g/mol. The lowest BCUT2D eigenvalue weighted by Crippen LogP contribution is -2.24. The first kappa shape index (κ1) is 8.76. The van der Waals surface area contributed by atoms with Crippen LogP contribution in [0.5, 0.6) is 0 Å².